The fourth-order valence-electron chi connectivity index (χ4n) is 1.62. The second-order valence-electron chi connectivity index (χ2n) is 5.11. The highest BCUT2D eigenvalue weighted by molar-refractivity contribution is 4.79. The Kier molecular flexibility index (Phi) is 5.58. The molecule has 1 fully saturated rings. The summed E-state index contributed by atoms with van der Waals surface area (Å²) in [5.41, 5.74) is 0.186. The molecule has 90 valence electrons. The van der Waals surface area contributed by atoms with E-state index in [0.29, 0.717) is 0 Å². The van der Waals surface area contributed by atoms with Crippen molar-refractivity contribution in [1.29, 1.82) is 0 Å². The second-order valence-corrected chi connectivity index (χ2v) is 5.11. The third-order valence-electron chi connectivity index (χ3n) is 2.70. The summed E-state index contributed by atoms with van der Waals surface area (Å²) < 4.78 is 5.55. The van der Waals surface area contributed by atoms with Crippen LogP contribution in [0.4, 0.5) is 0 Å². The van der Waals surface area contributed by atoms with Crippen LogP contribution in [-0.4, -0.2) is 38.4 Å². The second kappa shape index (κ2) is 6.46. The van der Waals surface area contributed by atoms with Gasteiger partial charge in [0, 0.05) is 25.2 Å². The predicted octanol–water partition coefficient (Wildman–Crippen LogP) is 1.39. The molecule has 0 unspecified atom stereocenters. The smallest absolute Gasteiger partial charge is 0.0591 e. The Bertz CT molecular complexity index is 167. The highest BCUT2D eigenvalue weighted by atomic mass is 16.5. The van der Waals surface area contributed by atoms with E-state index >= 15 is 0 Å². The first-order valence-electron chi connectivity index (χ1n) is 6.17. The van der Waals surface area contributed by atoms with Gasteiger partial charge in [-0.25, -0.2) is 0 Å². The summed E-state index contributed by atoms with van der Waals surface area (Å²) in [6.07, 6.45) is 2.75. The summed E-state index contributed by atoms with van der Waals surface area (Å²) in [5.74, 6) is 0.878. The molecule has 0 spiro atoms. The minimum absolute atomic E-state index is 0.186. The molecule has 2 N–H and O–H groups in total. The van der Waals surface area contributed by atoms with Crippen molar-refractivity contribution in [2.75, 3.05) is 32.8 Å². The van der Waals surface area contributed by atoms with Crippen molar-refractivity contribution in [3.8, 4) is 0 Å². The molecule has 0 atom stereocenters. The van der Waals surface area contributed by atoms with E-state index in [1.807, 2.05) is 0 Å². The van der Waals surface area contributed by atoms with E-state index in [1.54, 1.807) is 0 Å². The van der Waals surface area contributed by atoms with Crippen LogP contribution in [0, 0.1) is 5.92 Å². The Hall–Kier alpha value is -0.120. The molecule has 3 heteroatoms. The normalized spacial score (nSPS) is 17.0. The van der Waals surface area contributed by atoms with Crippen molar-refractivity contribution in [3.63, 3.8) is 0 Å². The van der Waals surface area contributed by atoms with E-state index in [4.69, 9.17) is 4.74 Å². The first-order valence-corrected chi connectivity index (χ1v) is 6.17. The molecule has 0 heterocycles. The first-order chi connectivity index (χ1) is 7.14. The number of rotatable bonds is 9. The average molecular weight is 214 g/mol. The lowest BCUT2D eigenvalue weighted by atomic mass is 10.1. The van der Waals surface area contributed by atoms with Crippen molar-refractivity contribution >= 4 is 0 Å². The molecule has 1 rings (SSSR count). The van der Waals surface area contributed by atoms with E-state index in [2.05, 4.69) is 31.4 Å². The van der Waals surface area contributed by atoms with Gasteiger partial charge in [-0.15, -0.1) is 0 Å². The monoisotopic (exact) mass is 214 g/mol. The first kappa shape index (κ1) is 12.9. The highest BCUT2D eigenvalue weighted by Crippen LogP contribution is 2.28. The van der Waals surface area contributed by atoms with E-state index in [9.17, 15) is 0 Å². The van der Waals surface area contributed by atoms with E-state index in [-0.39, 0.29) is 5.54 Å². The van der Waals surface area contributed by atoms with Crippen LogP contribution in [0.2, 0.25) is 0 Å². The zero-order valence-corrected chi connectivity index (χ0v) is 10.4. The van der Waals surface area contributed by atoms with E-state index in [1.165, 1.54) is 12.8 Å². The molecule has 0 aromatic carbocycles. The van der Waals surface area contributed by atoms with Gasteiger partial charge in [-0.1, -0.05) is 6.92 Å². The Morgan fingerprint density at radius 1 is 1.33 bits per heavy atom. The molecular formula is C12H26N2O. The third kappa shape index (κ3) is 6.88. The van der Waals surface area contributed by atoms with Crippen LogP contribution in [0.25, 0.3) is 0 Å². The van der Waals surface area contributed by atoms with Crippen molar-refractivity contribution < 1.29 is 4.74 Å². The molecule has 0 saturated heterocycles. The molecular weight excluding hydrogens is 188 g/mol. The Morgan fingerprint density at radius 3 is 2.67 bits per heavy atom. The summed E-state index contributed by atoms with van der Waals surface area (Å²) in [5, 5.41) is 6.85. The largest absolute Gasteiger partial charge is 0.380 e. The average Bonchev–Trinajstić information content (AvgIpc) is 2.94. The molecule has 0 aromatic rings. The number of hydrogen-bond donors (Lipinski definition) is 2. The molecule has 3 nitrogen and oxygen atoms in total. The lowest BCUT2D eigenvalue weighted by Gasteiger charge is -2.26. The summed E-state index contributed by atoms with van der Waals surface area (Å²) in [6.45, 7) is 11.4. The molecule has 0 aliphatic heterocycles. The summed E-state index contributed by atoms with van der Waals surface area (Å²) in [7, 11) is 0. The topological polar surface area (TPSA) is 33.3 Å². The zero-order valence-electron chi connectivity index (χ0n) is 10.4. The Labute approximate surface area is 94.0 Å². The van der Waals surface area contributed by atoms with Gasteiger partial charge in [0.05, 0.1) is 6.61 Å². The quantitative estimate of drug-likeness (QED) is 0.569. The minimum Gasteiger partial charge on any atom is -0.380 e. The van der Waals surface area contributed by atoms with E-state index < -0.39 is 0 Å². The van der Waals surface area contributed by atoms with Gasteiger partial charge >= 0.3 is 0 Å². The molecule has 1 saturated carbocycles. The van der Waals surface area contributed by atoms with Crippen LogP contribution in [-0.2, 0) is 4.74 Å². The van der Waals surface area contributed by atoms with Gasteiger partial charge in [0.2, 0.25) is 0 Å². The van der Waals surface area contributed by atoms with Crippen LogP contribution < -0.4 is 10.6 Å². The van der Waals surface area contributed by atoms with Gasteiger partial charge in [0.1, 0.15) is 0 Å². The SMILES string of the molecule is CCNC(C)(C)CNCCOCC1CC1. The number of likely N-dealkylation sites (N-methyl/N-ethyl adjacent to an activating group) is 1. The van der Waals surface area contributed by atoms with Gasteiger partial charge in [-0.05, 0) is 39.2 Å². The van der Waals surface area contributed by atoms with Crippen LogP contribution in [0.3, 0.4) is 0 Å². The number of hydrogen-bond acceptors (Lipinski definition) is 3. The molecule has 15 heavy (non-hydrogen) atoms. The van der Waals surface area contributed by atoms with Crippen LogP contribution in [0.5, 0.6) is 0 Å². The van der Waals surface area contributed by atoms with Crippen LogP contribution >= 0.6 is 0 Å². The Morgan fingerprint density at radius 2 is 2.07 bits per heavy atom. The molecule has 0 radical (unpaired) electrons. The zero-order chi connectivity index (χ0) is 11.1. The molecule has 0 bridgehead atoms. The molecule has 0 aromatic heterocycles. The molecule has 0 amide bonds. The van der Waals surface area contributed by atoms with Crippen LogP contribution in [0.1, 0.15) is 33.6 Å². The molecule has 1 aliphatic carbocycles. The predicted molar refractivity (Wildman–Crippen MR) is 64.2 cm³/mol. The van der Waals surface area contributed by atoms with E-state index in [0.717, 1.165) is 38.8 Å². The van der Waals surface area contributed by atoms with Gasteiger partial charge in [-0.2, -0.15) is 0 Å². The highest BCUT2D eigenvalue weighted by Gasteiger charge is 2.21. The maximum absolute atomic E-state index is 5.55. The summed E-state index contributed by atoms with van der Waals surface area (Å²) >= 11 is 0. The van der Waals surface area contributed by atoms with Gasteiger partial charge in [0.25, 0.3) is 0 Å². The third-order valence-corrected chi connectivity index (χ3v) is 2.70. The maximum atomic E-state index is 5.55. The fraction of sp³-hybridized carbons (Fsp3) is 1.00. The summed E-state index contributed by atoms with van der Waals surface area (Å²) in [6, 6.07) is 0. The lowest BCUT2D eigenvalue weighted by Crippen LogP contribution is -2.48. The van der Waals surface area contributed by atoms with Crippen LogP contribution in [0.15, 0.2) is 0 Å². The van der Waals surface area contributed by atoms with Gasteiger partial charge in [-0.3, -0.25) is 0 Å². The number of nitrogens with one attached hydrogen (secondary N) is 2. The Balaban J connectivity index is 1.86. The maximum Gasteiger partial charge on any atom is 0.0591 e. The summed E-state index contributed by atoms with van der Waals surface area (Å²) in [4.78, 5) is 0. The van der Waals surface area contributed by atoms with Crippen molar-refractivity contribution in [3.05, 3.63) is 0 Å². The lowest BCUT2D eigenvalue weighted by molar-refractivity contribution is 0.125. The van der Waals surface area contributed by atoms with Gasteiger partial charge in [0.15, 0.2) is 0 Å². The fourth-order valence-corrected chi connectivity index (χ4v) is 1.62. The van der Waals surface area contributed by atoms with Crippen molar-refractivity contribution in [1.82, 2.24) is 10.6 Å². The molecule has 1 aliphatic rings. The number of ether oxygens (including phenoxy) is 1. The van der Waals surface area contributed by atoms with Crippen molar-refractivity contribution in [2.24, 2.45) is 5.92 Å². The van der Waals surface area contributed by atoms with Crippen molar-refractivity contribution in [2.45, 2.75) is 39.2 Å². The standard InChI is InChI=1S/C12H26N2O/c1-4-14-12(2,3)10-13-7-8-15-9-11-5-6-11/h11,13-14H,4-10H2,1-3H3. The minimum atomic E-state index is 0.186. The van der Waals surface area contributed by atoms with Gasteiger partial charge < -0.3 is 15.4 Å².